The zero-order chi connectivity index (χ0) is 21.8. The van der Waals surface area contributed by atoms with Crippen LogP contribution < -0.4 is 5.32 Å². The van der Waals surface area contributed by atoms with E-state index in [-0.39, 0.29) is 6.61 Å². The van der Waals surface area contributed by atoms with E-state index >= 15 is 0 Å². The number of ether oxygens (including phenoxy) is 1. The van der Waals surface area contributed by atoms with Crippen LogP contribution in [0.1, 0.15) is 43.8 Å². The molecular weight excluding hydrogens is 462 g/mol. The summed E-state index contributed by atoms with van der Waals surface area (Å²) in [6, 6.07) is 7.99. The topological polar surface area (TPSA) is 105 Å². The van der Waals surface area contributed by atoms with E-state index in [9.17, 15) is 10.2 Å². The van der Waals surface area contributed by atoms with Gasteiger partial charge in [-0.2, -0.15) is 0 Å². The Morgan fingerprint density at radius 1 is 1.32 bits per heavy atom. The molecule has 3 heterocycles. The van der Waals surface area contributed by atoms with Gasteiger partial charge in [-0.25, -0.2) is 15.0 Å². The molecule has 3 aromatic rings. The van der Waals surface area contributed by atoms with Crippen molar-refractivity contribution >= 4 is 32.9 Å². The number of fused-ring (bicyclic) bond motifs is 1. The second kappa shape index (κ2) is 9.75. The molecule has 0 spiro atoms. The average molecular weight is 486 g/mol. The highest BCUT2D eigenvalue weighted by Gasteiger charge is 2.37. The van der Waals surface area contributed by atoms with Gasteiger partial charge in [0.1, 0.15) is 12.2 Å². The van der Waals surface area contributed by atoms with Gasteiger partial charge >= 0.3 is 0 Å². The molecule has 1 aliphatic rings. The molecular formula is C22H24BrN5O3. The monoisotopic (exact) mass is 485 g/mol. The van der Waals surface area contributed by atoms with Crippen LogP contribution >= 0.6 is 15.9 Å². The summed E-state index contributed by atoms with van der Waals surface area (Å²) in [6.07, 6.45) is 1.62. The lowest BCUT2D eigenvalue weighted by atomic mass is 10.2. The Hall–Kier alpha value is -2.51. The Bertz CT molecular complexity index is 1120. The lowest BCUT2D eigenvalue weighted by molar-refractivity contribution is -0.0162. The molecule has 1 aromatic carbocycles. The van der Waals surface area contributed by atoms with E-state index < -0.39 is 18.4 Å². The number of aliphatic hydroxyl groups excluding tert-OH is 2. The highest BCUT2D eigenvalue weighted by Crippen LogP contribution is 2.29. The number of hydrogen-bond donors (Lipinski definition) is 3. The first-order valence-electron chi connectivity index (χ1n) is 10.3. The standard InChI is InChI=1S/C22H24BrN5O3/c1-2-3-4-5-9-17-26-20(24-11-14-7-6-8-15(23)10-14)18-21(27-17)28(13-25-18)22-19(30)16(29)12-31-22/h6-8,10,13,16,19,22,29-30H,2-4,11-12H2,1H3,(H,24,26,27)/t16-,19-,22-/m1/s1. The van der Waals surface area contributed by atoms with Crippen molar-refractivity contribution in [2.24, 2.45) is 0 Å². The van der Waals surface area contributed by atoms with Gasteiger partial charge in [-0.05, 0) is 30.0 Å². The van der Waals surface area contributed by atoms with Crippen LogP contribution in [0.5, 0.6) is 0 Å². The summed E-state index contributed by atoms with van der Waals surface area (Å²) < 4.78 is 8.19. The van der Waals surface area contributed by atoms with Gasteiger partial charge in [0.2, 0.25) is 5.82 Å². The fourth-order valence-corrected chi connectivity index (χ4v) is 3.80. The van der Waals surface area contributed by atoms with E-state index in [2.05, 4.69) is 55.0 Å². The minimum absolute atomic E-state index is 0.0499. The van der Waals surface area contributed by atoms with Gasteiger partial charge in [0.05, 0.1) is 12.9 Å². The molecule has 0 saturated carbocycles. The number of rotatable bonds is 6. The van der Waals surface area contributed by atoms with Gasteiger partial charge in [-0.15, -0.1) is 0 Å². The van der Waals surface area contributed by atoms with Crippen molar-refractivity contribution in [1.29, 1.82) is 0 Å². The van der Waals surface area contributed by atoms with Crippen molar-refractivity contribution in [1.82, 2.24) is 19.5 Å². The predicted molar refractivity (Wildman–Crippen MR) is 120 cm³/mol. The summed E-state index contributed by atoms with van der Waals surface area (Å²) in [7, 11) is 0. The van der Waals surface area contributed by atoms with Crippen LogP contribution in [0.4, 0.5) is 5.82 Å². The normalized spacial score (nSPS) is 20.6. The summed E-state index contributed by atoms with van der Waals surface area (Å²) in [6.45, 7) is 2.71. The van der Waals surface area contributed by atoms with Crippen LogP contribution in [0.25, 0.3) is 11.2 Å². The third-order valence-electron chi connectivity index (χ3n) is 5.02. The number of aliphatic hydroxyl groups is 2. The number of halogens is 1. The maximum absolute atomic E-state index is 10.3. The Morgan fingerprint density at radius 2 is 2.19 bits per heavy atom. The second-order valence-electron chi connectivity index (χ2n) is 7.39. The smallest absolute Gasteiger partial charge is 0.208 e. The molecule has 4 rings (SSSR count). The maximum Gasteiger partial charge on any atom is 0.208 e. The number of hydrogen-bond acceptors (Lipinski definition) is 7. The first-order chi connectivity index (χ1) is 15.1. The first-order valence-corrected chi connectivity index (χ1v) is 11.1. The molecule has 9 heteroatoms. The van der Waals surface area contributed by atoms with Gasteiger partial charge in [-0.1, -0.05) is 47.3 Å². The first kappa shape index (κ1) is 21.7. The van der Waals surface area contributed by atoms with E-state index in [1.54, 1.807) is 10.9 Å². The summed E-state index contributed by atoms with van der Waals surface area (Å²) in [5, 5.41) is 23.5. The predicted octanol–water partition coefficient (Wildman–Crippen LogP) is 2.99. The van der Waals surface area contributed by atoms with Crippen molar-refractivity contribution < 1.29 is 14.9 Å². The van der Waals surface area contributed by atoms with Gasteiger partial charge < -0.3 is 20.3 Å². The van der Waals surface area contributed by atoms with Gasteiger partial charge in [0.25, 0.3) is 0 Å². The van der Waals surface area contributed by atoms with Crippen LogP contribution in [0.15, 0.2) is 35.1 Å². The highest BCUT2D eigenvalue weighted by atomic mass is 79.9. The molecule has 0 unspecified atom stereocenters. The Morgan fingerprint density at radius 3 is 2.94 bits per heavy atom. The third kappa shape index (κ3) is 4.88. The lowest BCUT2D eigenvalue weighted by Crippen LogP contribution is -2.28. The van der Waals surface area contributed by atoms with Crippen LogP contribution in [0, 0.1) is 11.8 Å². The van der Waals surface area contributed by atoms with E-state index in [1.165, 1.54) is 0 Å². The lowest BCUT2D eigenvalue weighted by Gasteiger charge is -2.16. The van der Waals surface area contributed by atoms with Crippen molar-refractivity contribution in [3.8, 4) is 11.8 Å². The van der Waals surface area contributed by atoms with E-state index in [4.69, 9.17) is 4.74 Å². The third-order valence-corrected chi connectivity index (χ3v) is 5.52. The molecule has 0 radical (unpaired) electrons. The quantitative estimate of drug-likeness (QED) is 0.364. The molecule has 1 saturated heterocycles. The summed E-state index contributed by atoms with van der Waals surface area (Å²) >= 11 is 3.49. The van der Waals surface area contributed by atoms with E-state index in [1.807, 2.05) is 24.3 Å². The van der Waals surface area contributed by atoms with Crippen molar-refractivity contribution in [3.05, 3.63) is 46.5 Å². The number of unbranched alkanes of at least 4 members (excludes halogenated alkanes) is 2. The van der Waals surface area contributed by atoms with Gasteiger partial charge in [-0.3, -0.25) is 4.57 Å². The van der Waals surface area contributed by atoms with Crippen molar-refractivity contribution in [2.45, 2.75) is 51.2 Å². The summed E-state index contributed by atoms with van der Waals surface area (Å²) in [5.41, 5.74) is 2.12. The molecule has 3 atom stereocenters. The van der Waals surface area contributed by atoms with Gasteiger partial charge in [0.15, 0.2) is 23.2 Å². The minimum Gasteiger partial charge on any atom is -0.388 e. The summed E-state index contributed by atoms with van der Waals surface area (Å²) in [5.74, 6) is 7.07. The molecule has 2 aromatic heterocycles. The Kier molecular flexibility index (Phi) is 6.83. The van der Waals surface area contributed by atoms with Crippen LogP contribution in [-0.2, 0) is 11.3 Å². The number of benzene rings is 1. The van der Waals surface area contributed by atoms with Crippen LogP contribution in [0.2, 0.25) is 0 Å². The van der Waals surface area contributed by atoms with Crippen molar-refractivity contribution in [3.63, 3.8) is 0 Å². The molecule has 31 heavy (non-hydrogen) atoms. The zero-order valence-electron chi connectivity index (χ0n) is 17.1. The summed E-state index contributed by atoms with van der Waals surface area (Å²) in [4.78, 5) is 13.6. The number of nitrogens with one attached hydrogen (secondary N) is 1. The van der Waals surface area contributed by atoms with Crippen molar-refractivity contribution in [2.75, 3.05) is 11.9 Å². The second-order valence-corrected chi connectivity index (χ2v) is 8.31. The average Bonchev–Trinajstić information content (AvgIpc) is 3.33. The fourth-order valence-electron chi connectivity index (χ4n) is 3.35. The highest BCUT2D eigenvalue weighted by molar-refractivity contribution is 9.10. The van der Waals surface area contributed by atoms with Crippen LogP contribution in [0.3, 0.4) is 0 Å². The molecule has 0 bridgehead atoms. The molecule has 1 aliphatic heterocycles. The zero-order valence-corrected chi connectivity index (χ0v) is 18.7. The minimum atomic E-state index is -1.07. The molecule has 162 valence electrons. The van der Waals surface area contributed by atoms with Gasteiger partial charge in [0, 0.05) is 17.4 Å². The number of imidazole rings is 1. The molecule has 0 amide bonds. The number of nitrogens with zero attached hydrogens (tertiary/aromatic N) is 4. The maximum atomic E-state index is 10.3. The largest absolute Gasteiger partial charge is 0.388 e. The molecule has 8 nitrogen and oxygen atoms in total. The Balaban J connectivity index is 1.69. The Labute approximate surface area is 188 Å². The van der Waals surface area contributed by atoms with E-state index in [0.717, 1.165) is 29.3 Å². The molecule has 3 N–H and O–H groups in total. The molecule has 0 aliphatic carbocycles. The van der Waals surface area contributed by atoms with E-state index in [0.29, 0.717) is 29.4 Å². The van der Waals surface area contributed by atoms with Crippen LogP contribution in [-0.4, -0.2) is 48.5 Å². The number of anilines is 1. The fraction of sp³-hybridized carbons (Fsp3) is 0.409. The SMILES string of the molecule is CCCCC#Cc1nc(NCc2cccc(Br)c2)c2ncn([C@@H]3OC[C@@H](O)[C@H]3O)c2n1. The molecule has 1 fully saturated rings. The number of aromatic nitrogens is 4.